The Morgan fingerprint density at radius 2 is 2.10 bits per heavy atom. The highest BCUT2D eigenvalue weighted by Gasteiger charge is 2.16. The molecule has 3 rings (SSSR count). The SMILES string of the molecule is COc1cccc(-c2nnc(SCC(=O)Nc3ccc(Cl)c([N+](=O)[O-])c3)n2C)c1. The van der Waals surface area contributed by atoms with Gasteiger partial charge >= 0.3 is 0 Å². The lowest BCUT2D eigenvalue weighted by Crippen LogP contribution is -2.14. The van der Waals surface area contributed by atoms with Crippen LogP contribution in [0.5, 0.6) is 5.75 Å². The first kappa shape index (κ1) is 20.6. The fourth-order valence-corrected chi connectivity index (χ4v) is 3.41. The molecule has 1 amide bonds. The van der Waals surface area contributed by atoms with Crippen molar-refractivity contribution in [1.29, 1.82) is 0 Å². The van der Waals surface area contributed by atoms with Crippen LogP contribution in [0.4, 0.5) is 11.4 Å². The van der Waals surface area contributed by atoms with Gasteiger partial charge in [-0.05, 0) is 24.3 Å². The zero-order valence-corrected chi connectivity index (χ0v) is 17.0. The Bertz CT molecular complexity index is 1070. The Labute approximate surface area is 175 Å². The Balaban J connectivity index is 1.66. The van der Waals surface area contributed by atoms with Gasteiger partial charge in [0.15, 0.2) is 11.0 Å². The summed E-state index contributed by atoms with van der Waals surface area (Å²) < 4.78 is 7.00. The van der Waals surface area contributed by atoms with Gasteiger partial charge in [0.25, 0.3) is 5.69 Å². The van der Waals surface area contributed by atoms with E-state index in [2.05, 4.69) is 15.5 Å². The highest BCUT2D eigenvalue weighted by Crippen LogP contribution is 2.28. The molecule has 0 saturated heterocycles. The lowest BCUT2D eigenvalue weighted by Gasteiger charge is -2.07. The minimum absolute atomic E-state index is 0.00605. The molecule has 2 aromatic carbocycles. The zero-order chi connectivity index (χ0) is 21.0. The highest BCUT2D eigenvalue weighted by molar-refractivity contribution is 7.99. The standard InChI is InChI=1S/C18H16ClN5O4S/c1-23-17(11-4-3-5-13(8-11)28-2)21-22-18(23)29-10-16(25)20-12-6-7-14(19)15(9-12)24(26)27/h3-9H,10H2,1-2H3,(H,20,25). The second kappa shape index (κ2) is 8.93. The van der Waals surface area contributed by atoms with Crippen molar-refractivity contribution < 1.29 is 14.5 Å². The maximum absolute atomic E-state index is 12.2. The number of aromatic nitrogens is 3. The Hall–Kier alpha value is -3.11. The van der Waals surface area contributed by atoms with Gasteiger partial charge in [-0.1, -0.05) is 35.5 Å². The van der Waals surface area contributed by atoms with Crippen molar-refractivity contribution >= 4 is 40.6 Å². The summed E-state index contributed by atoms with van der Waals surface area (Å²) in [6.45, 7) is 0. The lowest BCUT2D eigenvalue weighted by molar-refractivity contribution is -0.384. The maximum atomic E-state index is 12.2. The number of methoxy groups -OCH3 is 1. The Kier molecular flexibility index (Phi) is 6.35. The molecule has 29 heavy (non-hydrogen) atoms. The molecule has 0 radical (unpaired) electrons. The second-order valence-corrected chi connectivity index (χ2v) is 7.21. The van der Waals surface area contributed by atoms with Crippen molar-refractivity contribution in [3.05, 3.63) is 57.6 Å². The summed E-state index contributed by atoms with van der Waals surface area (Å²) in [6, 6.07) is 11.5. The Morgan fingerprint density at radius 1 is 1.31 bits per heavy atom. The summed E-state index contributed by atoms with van der Waals surface area (Å²) in [5.41, 5.74) is 0.860. The molecular formula is C18H16ClN5O4S. The molecule has 11 heteroatoms. The number of nitrogens with one attached hydrogen (secondary N) is 1. The van der Waals surface area contributed by atoms with Crippen LogP contribution in [0.1, 0.15) is 0 Å². The zero-order valence-electron chi connectivity index (χ0n) is 15.5. The van der Waals surface area contributed by atoms with Gasteiger partial charge < -0.3 is 14.6 Å². The van der Waals surface area contributed by atoms with Gasteiger partial charge in [0, 0.05) is 24.4 Å². The highest BCUT2D eigenvalue weighted by atomic mass is 35.5. The second-order valence-electron chi connectivity index (χ2n) is 5.86. The summed E-state index contributed by atoms with van der Waals surface area (Å²) in [5.74, 6) is 1.06. The van der Waals surface area contributed by atoms with Crippen LogP contribution >= 0.6 is 23.4 Å². The first-order chi connectivity index (χ1) is 13.9. The summed E-state index contributed by atoms with van der Waals surface area (Å²) in [7, 11) is 3.39. The number of thioether (sulfide) groups is 1. The van der Waals surface area contributed by atoms with Crippen molar-refractivity contribution in [3.8, 4) is 17.1 Å². The Morgan fingerprint density at radius 3 is 2.83 bits per heavy atom. The van der Waals surface area contributed by atoms with E-state index in [1.807, 2.05) is 24.3 Å². The van der Waals surface area contributed by atoms with Crippen LogP contribution in [-0.2, 0) is 11.8 Å². The van der Waals surface area contributed by atoms with E-state index in [0.717, 1.165) is 5.56 Å². The van der Waals surface area contributed by atoms with E-state index in [1.54, 1.807) is 18.7 Å². The first-order valence-electron chi connectivity index (χ1n) is 8.29. The predicted octanol–water partition coefficient (Wildman–Crippen LogP) is 3.78. The molecule has 1 N–H and O–H groups in total. The fraction of sp³-hybridized carbons (Fsp3) is 0.167. The van der Waals surface area contributed by atoms with E-state index < -0.39 is 4.92 Å². The van der Waals surface area contributed by atoms with Crippen molar-refractivity contribution in [3.63, 3.8) is 0 Å². The van der Waals surface area contributed by atoms with E-state index in [-0.39, 0.29) is 22.4 Å². The molecule has 0 saturated carbocycles. The number of nitro benzene ring substituents is 1. The molecule has 0 aliphatic rings. The van der Waals surface area contributed by atoms with Crippen molar-refractivity contribution in [1.82, 2.24) is 14.8 Å². The van der Waals surface area contributed by atoms with Gasteiger partial charge in [0.1, 0.15) is 10.8 Å². The molecular weight excluding hydrogens is 418 g/mol. The number of ether oxygens (including phenoxy) is 1. The molecule has 1 aromatic heterocycles. The van der Waals surface area contributed by atoms with Crippen molar-refractivity contribution in [2.24, 2.45) is 7.05 Å². The van der Waals surface area contributed by atoms with E-state index >= 15 is 0 Å². The number of nitrogens with zero attached hydrogens (tertiary/aromatic N) is 4. The third-order valence-electron chi connectivity index (χ3n) is 3.92. The number of carbonyl (C=O) groups is 1. The molecule has 0 aliphatic carbocycles. The average Bonchev–Trinajstić information content (AvgIpc) is 3.08. The minimum Gasteiger partial charge on any atom is -0.497 e. The molecule has 0 atom stereocenters. The quantitative estimate of drug-likeness (QED) is 0.342. The van der Waals surface area contributed by atoms with E-state index in [0.29, 0.717) is 22.4 Å². The molecule has 0 bridgehead atoms. The summed E-state index contributed by atoms with van der Waals surface area (Å²) >= 11 is 6.97. The number of anilines is 1. The number of hydrogen-bond acceptors (Lipinski definition) is 7. The van der Waals surface area contributed by atoms with Crippen LogP contribution in [0.3, 0.4) is 0 Å². The van der Waals surface area contributed by atoms with Crippen LogP contribution in [-0.4, -0.2) is 38.5 Å². The van der Waals surface area contributed by atoms with Gasteiger partial charge in [0.2, 0.25) is 5.91 Å². The van der Waals surface area contributed by atoms with E-state index in [1.165, 1.54) is 30.0 Å². The molecule has 3 aromatic rings. The van der Waals surface area contributed by atoms with Crippen LogP contribution in [0, 0.1) is 10.1 Å². The normalized spacial score (nSPS) is 10.6. The van der Waals surface area contributed by atoms with E-state index in [4.69, 9.17) is 16.3 Å². The molecule has 0 spiro atoms. The predicted molar refractivity (Wildman–Crippen MR) is 110 cm³/mol. The number of rotatable bonds is 7. The topological polar surface area (TPSA) is 112 Å². The van der Waals surface area contributed by atoms with Gasteiger partial charge in [-0.15, -0.1) is 10.2 Å². The van der Waals surface area contributed by atoms with Gasteiger partial charge in [-0.3, -0.25) is 14.9 Å². The maximum Gasteiger partial charge on any atom is 0.289 e. The van der Waals surface area contributed by atoms with Crippen LogP contribution in [0.15, 0.2) is 47.6 Å². The van der Waals surface area contributed by atoms with Crippen molar-refractivity contribution in [2.45, 2.75) is 5.16 Å². The average molecular weight is 434 g/mol. The fourth-order valence-electron chi connectivity index (χ4n) is 2.51. The number of amides is 1. The molecule has 9 nitrogen and oxygen atoms in total. The minimum atomic E-state index is -0.605. The number of benzene rings is 2. The number of halogens is 1. The third-order valence-corrected chi connectivity index (χ3v) is 5.26. The summed E-state index contributed by atoms with van der Waals surface area (Å²) in [5, 5.41) is 22.4. The van der Waals surface area contributed by atoms with E-state index in [9.17, 15) is 14.9 Å². The number of hydrogen-bond donors (Lipinski definition) is 1. The first-order valence-corrected chi connectivity index (χ1v) is 9.66. The van der Waals surface area contributed by atoms with Crippen LogP contribution in [0.25, 0.3) is 11.4 Å². The van der Waals surface area contributed by atoms with Crippen molar-refractivity contribution in [2.75, 3.05) is 18.2 Å². The smallest absolute Gasteiger partial charge is 0.289 e. The van der Waals surface area contributed by atoms with Gasteiger partial charge in [0.05, 0.1) is 17.8 Å². The molecule has 1 heterocycles. The van der Waals surface area contributed by atoms with Gasteiger partial charge in [-0.25, -0.2) is 0 Å². The molecule has 0 aliphatic heterocycles. The molecule has 150 valence electrons. The number of nitro groups is 1. The largest absolute Gasteiger partial charge is 0.497 e. The number of carbonyl (C=O) groups excluding carboxylic acids is 1. The molecule has 0 unspecified atom stereocenters. The lowest BCUT2D eigenvalue weighted by atomic mass is 10.2. The monoisotopic (exact) mass is 433 g/mol. The summed E-state index contributed by atoms with van der Waals surface area (Å²) in [4.78, 5) is 22.6. The van der Waals surface area contributed by atoms with Gasteiger partial charge in [-0.2, -0.15) is 0 Å². The van der Waals surface area contributed by atoms with Crippen LogP contribution in [0.2, 0.25) is 5.02 Å². The molecule has 0 fully saturated rings. The summed E-state index contributed by atoms with van der Waals surface area (Å²) in [6.07, 6.45) is 0. The third kappa shape index (κ3) is 4.84. The van der Waals surface area contributed by atoms with Crippen LogP contribution < -0.4 is 10.1 Å².